The Balaban J connectivity index is 2.16. The van der Waals surface area contributed by atoms with Crippen LogP contribution in [0, 0.1) is 19.8 Å². The maximum absolute atomic E-state index is 5.52. The van der Waals surface area contributed by atoms with Gasteiger partial charge in [-0.1, -0.05) is 6.92 Å². The van der Waals surface area contributed by atoms with Gasteiger partial charge in [-0.3, -0.25) is 4.98 Å². The van der Waals surface area contributed by atoms with Gasteiger partial charge in [-0.05, 0) is 39.2 Å². The summed E-state index contributed by atoms with van der Waals surface area (Å²) in [6.45, 7) is 9.09. The molecule has 0 spiro atoms. The Hall–Kier alpha value is -1.13. The van der Waals surface area contributed by atoms with Gasteiger partial charge in [0.1, 0.15) is 5.75 Å². The quantitative estimate of drug-likeness (QED) is 0.875. The highest BCUT2D eigenvalue weighted by molar-refractivity contribution is 5.41. The first-order valence-electron chi connectivity index (χ1n) is 7.97. The molecule has 1 aliphatic heterocycles. The Bertz CT molecular complexity index is 456. The molecule has 2 rings (SSSR count). The van der Waals surface area contributed by atoms with Crippen LogP contribution in [0.2, 0.25) is 0 Å². The van der Waals surface area contributed by atoms with Crippen molar-refractivity contribution in [3.05, 3.63) is 23.0 Å². The number of rotatable bonds is 6. The third kappa shape index (κ3) is 3.95. The van der Waals surface area contributed by atoms with E-state index in [1.165, 1.54) is 5.56 Å². The van der Waals surface area contributed by atoms with Gasteiger partial charge in [0.25, 0.3) is 0 Å². The van der Waals surface area contributed by atoms with Gasteiger partial charge in [0.15, 0.2) is 0 Å². The molecule has 0 amide bonds. The van der Waals surface area contributed by atoms with Crippen molar-refractivity contribution in [2.45, 2.75) is 46.1 Å². The molecule has 21 heavy (non-hydrogen) atoms. The Morgan fingerprint density at radius 3 is 2.71 bits per heavy atom. The van der Waals surface area contributed by atoms with Gasteiger partial charge >= 0.3 is 0 Å². The Labute approximate surface area is 128 Å². The molecular weight excluding hydrogens is 264 g/mol. The molecule has 1 aromatic rings. The van der Waals surface area contributed by atoms with Crippen molar-refractivity contribution >= 4 is 0 Å². The second kappa shape index (κ2) is 7.76. The highest BCUT2D eigenvalue weighted by Gasteiger charge is 2.25. The maximum atomic E-state index is 5.52. The van der Waals surface area contributed by atoms with Crippen molar-refractivity contribution in [3.63, 3.8) is 0 Å². The van der Waals surface area contributed by atoms with Crippen molar-refractivity contribution in [1.29, 1.82) is 0 Å². The summed E-state index contributed by atoms with van der Waals surface area (Å²) in [5.74, 6) is 1.65. The number of aromatic nitrogens is 1. The molecule has 4 nitrogen and oxygen atoms in total. The third-order valence-electron chi connectivity index (χ3n) is 4.46. The number of ether oxygens (including phenoxy) is 2. The predicted molar refractivity (Wildman–Crippen MR) is 85.0 cm³/mol. The molecular formula is C17H28N2O2. The number of nitrogens with zero attached hydrogens (tertiary/aromatic N) is 1. The largest absolute Gasteiger partial charge is 0.496 e. The van der Waals surface area contributed by atoms with Crippen LogP contribution in [-0.4, -0.2) is 37.9 Å². The highest BCUT2D eigenvalue weighted by Crippen LogP contribution is 2.27. The summed E-state index contributed by atoms with van der Waals surface area (Å²) in [6.07, 6.45) is 5.16. The van der Waals surface area contributed by atoms with E-state index in [1.807, 2.05) is 13.1 Å². The van der Waals surface area contributed by atoms with Crippen LogP contribution >= 0.6 is 0 Å². The topological polar surface area (TPSA) is 43.4 Å². The number of aryl methyl sites for hydroxylation is 1. The lowest BCUT2D eigenvalue weighted by molar-refractivity contribution is 0.0538. The summed E-state index contributed by atoms with van der Waals surface area (Å²) in [4.78, 5) is 4.65. The minimum Gasteiger partial charge on any atom is -0.496 e. The van der Waals surface area contributed by atoms with Crippen LogP contribution < -0.4 is 10.1 Å². The lowest BCUT2D eigenvalue weighted by atomic mass is 9.88. The van der Waals surface area contributed by atoms with Gasteiger partial charge in [0, 0.05) is 48.7 Å². The summed E-state index contributed by atoms with van der Waals surface area (Å²) in [5, 5.41) is 3.64. The normalized spacial score (nSPS) is 17.7. The molecule has 0 aliphatic carbocycles. The van der Waals surface area contributed by atoms with Crippen LogP contribution in [0.5, 0.6) is 5.75 Å². The van der Waals surface area contributed by atoms with Crippen LogP contribution in [-0.2, 0) is 11.2 Å². The molecule has 4 heteroatoms. The second-order valence-electron chi connectivity index (χ2n) is 5.86. The Morgan fingerprint density at radius 2 is 2.10 bits per heavy atom. The zero-order valence-corrected chi connectivity index (χ0v) is 13.7. The van der Waals surface area contributed by atoms with Crippen LogP contribution in [0.4, 0.5) is 0 Å². The summed E-state index contributed by atoms with van der Waals surface area (Å²) < 4.78 is 11.0. The van der Waals surface area contributed by atoms with Crippen LogP contribution in [0.25, 0.3) is 0 Å². The molecule has 1 saturated heterocycles. The summed E-state index contributed by atoms with van der Waals surface area (Å²) in [6, 6.07) is 0.470. The fourth-order valence-electron chi connectivity index (χ4n) is 3.27. The van der Waals surface area contributed by atoms with Crippen LogP contribution in [0.15, 0.2) is 6.20 Å². The molecule has 1 aromatic heterocycles. The van der Waals surface area contributed by atoms with Gasteiger partial charge < -0.3 is 14.8 Å². The molecule has 0 bridgehead atoms. The molecule has 0 radical (unpaired) electrons. The zero-order chi connectivity index (χ0) is 15.2. The molecule has 2 heterocycles. The number of likely N-dealkylation sites (N-methyl/N-ethyl adjacent to an activating group) is 1. The summed E-state index contributed by atoms with van der Waals surface area (Å²) in [5.41, 5.74) is 3.42. The van der Waals surface area contributed by atoms with Gasteiger partial charge in [0.05, 0.1) is 7.11 Å². The van der Waals surface area contributed by atoms with Gasteiger partial charge in [-0.2, -0.15) is 0 Å². The lowest BCUT2D eigenvalue weighted by Gasteiger charge is -2.31. The molecule has 118 valence electrons. The smallest absolute Gasteiger partial charge is 0.128 e. The third-order valence-corrected chi connectivity index (χ3v) is 4.46. The molecule has 0 aromatic carbocycles. The molecule has 1 aliphatic rings. The molecule has 0 saturated carbocycles. The highest BCUT2D eigenvalue weighted by atomic mass is 16.5. The zero-order valence-electron chi connectivity index (χ0n) is 13.7. The summed E-state index contributed by atoms with van der Waals surface area (Å²) in [7, 11) is 1.74. The molecule has 1 fully saturated rings. The first-order chi connectivity index (χ1) is 10.2. The molecule has 1 N–H and O–H groups in total. The Morgan fingerprint density at radius 1 is 1.38 bits per heavy atom. The minimum atomic E-state index is 0.470. The van der Waals surface area contributed by atoms with E-state index in [-0.39, 0.29) is 0 Å². The number of nitrogens with one attached hydrogen (secondary N) is 1. The van der Waals surface area contributed by atoms with E-state index < -0.39 is 0 Å². The average molecular weight is 292 g/mol. The van der Waals surface area contributed by atoms with Crippen molar-refractivity contribution in [1.82, 2.24) is 10.3 Å². The van der Waals surface area contributed by atoms with Crippen molar-refractivity contribution in [2.24, 2.45) is 5.92 Å². The van der Waals surface area contributed by atoms with E-state index in [0.29, 0.717) is 12.0 Å². The first-order valence-corrected chi connectivity index (χ1v) is 7.97. The maximum Gasteiger partial charge on any atom is 0.128 e. The number of methoxy groups -OCH3 is 1. The fourth-order valence-corrected chi connectivity index (χ4v) is 3.27. The molecule has 1 atom stereocenters. The van der Waals surface area contributed by atoms with E-state index in [9.17, 15) is 0 Å². The van der Waals surface area contributed by atoms with E-state index in [1.54, 1.807) is 7.11 Å². The average Bonchev–Trinajstić information content (AvgIpc) is 2.51. The number of pyridine rings is 1. The predicted octanol–water partition coefficient (Wildman–Crippen LogP) is 2.65. The van der Waals surface area contributed by atoms with Crippen molar-refractivity contribution < 1.29 is 9.47 Å². The monoisotopic (exact) mass is 292 g/mol. The number of hydrogen-bond donors (Lipinski definition) is 1. The minimum absolute atomic E-state index is 0.470. The summed E-state index contributed by atoms with van der Waals surface area (Å²) >= 11 is 0. The first kappa shape index (κ1) is 16.2. The van der Waals surface area contributed by atoms with Gasteiger partial charge in [-0.15, -0.1) is 0 Å². The molecule has 1 unspecified atom stereocenters. The van der Waals surface area contributed by atoms with E-state index in [0.717, 1.165) is 56.0 Å². The van der Waals surface area contributed by atoms with E-state index >= 15 is 0 Å². The van der Waals surface area contributed by atoms with Crippen molar-refractivity contribution in [2.75, 3.05) is 26.9 Å². The fraction of sp³-hybridized carbons (Fsp3) is 0.706. The lowest BCUT2D eigenvalue weighted by Crippen LogP contribution is -2.41. The second-order valence-corrected chi connectivity index (χ2v) is 5.86. The van der Waals surface area contributed by atoms with E-state index in [4.69, 9.17) is 9.47 Å². The standard InChI is InChI=1S/C17H28N2O2/c1-5-18-16(14-6-8-21-9-7-14)10-15-13(3)17(20-4)12(2)11-19-15/h11,14,16,18H,5-10H2,1-4H3. The van der Waals surface area contributed by atoms with Crippen molar-refractivity contribution in [3.8, 4) is 5.75 Å². The van der Waals surface area contributed by atoms with Gasteiger partial charge in [-0.25, -0.2) is 0 Å². The van der Waals surface area contributed by atoms with Crippen LogP contribution in [0.1, 0.15) is 36.6 Å². The van der Waals surface area contributed by atoms with Gasteiger partial charge in [0.2, 0.25) is 0 Å². The van der Waals surface area contributed by atoms with E-state index in [2.05, 4.69) is 24.1 Å². The Kier molecular flexibility index (Phi) is 6.00. The van der Waals surface area contributed by atoms with Crippen LogP contribution in [0.3, 0.4) is 0 Å². The SMILES string of the molecule is CCNC(Cc1ncc(C)c(OC)c1C)C1CCOCC1. The number of hydrogen-bond acceptors (Lipinski definition) is 4.